The van der Waals surface area contributed by atoms with Gasteiger partial charge in [0.25, 0.3) is 0 Å². The Balaban J connectivity index is 0.854. The van der Waals surface area contributed by atoms with Crippen molar-refractivity contribution < 1.29 is 23.9 Å². The van der Waals surface area contributed by atoms with E-state index < -0.39 is 0 Å². The first-order valence-corrected chi connectivity index (χ1v) is 16.0. The highest BCUT2D eigenvalue weighted by Crippen LogP contribution is 2.79. The van der Waals surface area contributed by atoms with Gasteiger partial charge in [-0.1, -0.05) is 30.3 Å². The van der Waals surface area contributed by atoms with Crippen molar-refractivity contribution >= 4 is 17.8 Å². The number of hydrogen-bond acceptors (Lipinski definition) is 6. The molecular weight excluding hydrogens is 542 g/mol. The summed E-state index contributed by atoms with van der Waals surface area (Å²) in [6.45, 7) is 4.10. The van der Waals surface area contributed by atoms with Crippen LogP contribution in [0.4, 0.5) is 0 Å². The minimum absolute atomic E-state index is 0.0151. The van der Waals surface area contributed by atoms with Crippen LogP contribution in [0.5, 0.6) is 5.75 Å². The number of amides is 2. The minimum atomic E-state index is -0.354. The summed E-state index contributed by atoms with van der Waals surface area (Å²) in [5, 5.41) is 3.00. The largest absolute Gasteiger partial charge is 0.489 e. The average molecular weight is 586 g/mol. The third kappa shape index (κ3) is 5.43. The molecule has 0 aromatic heterocycles. The summed E-state index contributed by atoms with van der Waals surface area (Å²) in [6.07, 6.45) is 8.55. The number of carbonyl (C=O) groups excluding carboxylic acids is 3. The summed E-state index contributed by atoms with van der Waals surface area (Å²) in [5.74, 6) is 3.20. The number of ether oxygens (including phenoxy) is 2. The summed E-state index contributed by atoms with van der Waals surface area (Å²) in [4.78, 5) is 41.9. The summed E-state index contributed by atoms with van der Waals surface area (Å²) in [5.41, 5.74) is 3.37. The zero-order chi connectivity index (χ0) is 29.6. The van der Waals surface area contributed by atoms with Crippen molar-refractivity contribution in [2.75, 3.05) is 39.8 Å². The van der Waals surface area contributed by atoms with Gasteiger partial charge in [0.05, 0.1) is 19.2 Å². The maximum absolute atomic E-state index is 13.0. The number of hydrogen-bond donors (Lipinski definition) is 1. The Morgan fingerprint density at radius 2 is 1.72 bits per heavy atom. The minimum Gasteiger partial charge on any atom is -0.489 e. The van der Waals surface area contributed by atoms with Gasteiger partial charge in [-0.2, -0.15) is 0 Å². The second kappa shape index (κ2) is 11.3. The zero-order valence-electron chi connectivity index (χ0n) is 25.2. The molecule has 5 unspecified atom stereocenters. The van der Waals surface area contributed by atoms with Crippen LogP contribution in [-0.2, 0) is 27.5 Å². The van der Waals surface area contributed by atoms with Crippen LogP contribution in [0.1, 0.15) is 66.4 Å². The summed E-state index contributed by atoms with van der Waals surface area (Å²) >= 11 is 0. The molecule has 3 bridgehead atoms. The molecule has 8 nitrogen and oxygen atoms in total. The molecule has 8 heteroatoms. The predicted molar refractivity (Wildman–Crippen MR) is 161 cm³/mol. The van der Waals surface area contributed by atoms with Crippen LogP contribution in [0.25, 0.3) is 0 Å². The highest BCUT2D eigenvalue weighted by Gasteiger charge is 2.70. The lowest BCUT2D eigenvalue weighted by molar-refractivity contribution is -0.135. The second-order valence-corrected chi connectivity index (χ2v) is 13.9. The number of carbonyl (C=O) groups is 3. The first kappa shape index (κ1) is 28.4. The van der Waals surface area contributed by atoms with Crippen molar-refractivity contribution in [3.63, 3.8) is 0 Å². The van der Waals surface area contributed by atoms with E-state index in [4.69, 9.17) is 9.47 Å². The number of esters is 1. The van der Waals surface area contributed by atoms with Gasteiger partial charge in [0.2, 0.25) is 11.8 Å². The second-order valence-electron chi connectivity index (χ2n) is 13.9. The molecule has 0 radical (unpaired) electrons. The fourth-order valence-electron chi connectivity index (χ4n) is 9.62. The van der Waals surface area contributed by atoms with Crippen LogP contribution >= 0.6 is 0 Å². The number of fused-ring (bicyclic) bond motifs is 2. The lowest BCUT2D eigenvalue weighted by atomic mass is 9.55. The molecule has 1 saturated heterocycles. The van der Waals surface area contributed by atoms with Crippen LogP contribution in [0.2, 0.25) is 0 Å². The number of rotatable bonds is 10. The quantitative estimate of drug-likeness (QED) is 0.416. The monoisotopic (exact) mass is 585 g/mol. The van der Waals surface area contributed by atoms with Crippen molar-refractivity contribution in [1.82, 2.24) is 15.1 Å². The molecule has 1 heterocycles. The van der Waals surface area contributed by atoms with E-state index in [-0.39, 0.29) is 29.7 Å². The van der Waals surface area contributed by atoms with Gasteiger partial charge in [-0.15, -0.1) is 0 Å². The fourth-order valence-corrected chi connectivity index (χ4v) is 9.62. The van der Waals surface area contributed by atoms with E-state index in [0.29, 0.717) is 37.1 Å². The van der Waals surface area contributed by atoms with Gasteiger partial charge < -0.3 is 19.7 Å². The van der Waals surface area contributed by atoms with Gasteiger partial charge in [-0.25, -0.2) is 4.79 Å². The lowest BCUT2D eigenvalue weighted by Crippen LogP contribution is -2.51. The van der Waals surface area contributed by atoms with Crippen LogP contribution in [0.15, 0.2) is 48.5 Å². The van der Waals surface area contributed by atoms with Crippen molar-refractivity contribution in [2.45, 2.75) is 58.1 Å². The Morgan fingerprint density at radius 3 is 2.51 bits per heavy atom. The standard InChI is InChI=1S/C35H43N3O5/c1-42-33(41)26-8-6-24(7-9-26)22-43-30-5-3-2-4-27(30)21-37-10-12-38(13-11-37)32(40)20-36-31(39)19-34-16-25-14-28-15-29(18-34)35(28,17-25)23-34/h2-9,25,28-29H,10-23H2,1H3,(H,36,39). The Bertz CT molecular complexity index is 1380. The van der Waals surface area contributed by atoms with E-state index in [9.17, 15) is 14.4 Å². The summed E-state index contributed by atoms with van der Waals surface area (Å²) < 4.78 is 10.9. The maximum Gasteiger partial charge on any atom is 0.337 e. The third-order valence-corrected chi connectivity index (χ3v) is 11.4. The fraction of sp³-hybridized carbons (Fsp3) is 0.571. The molecule has 2 amide bonds. The molecule has 1 N–H and O–H groups in total. The molecular formula is C35H43N3O5. The smallest absolute Gasteiger partial charge is 0.337 e. The molecule has 2 aromatic rings. The summed E-state index contributed by atoms with van der Waals surface area (Å²) in [6, 6.07) is 15.3. The molecule has 5 fully saturated rings. The van der Waals surface area contributed by atoms with Gasteiger partial charge in [0.15, 0.2) is 0 Å². The number of methoxy groups -OCH3 is 1. The van der Waals surface area contributed by atoms with E-state index in [1.54, 1.807) is 12.1 Å². The number of benzene rings is 2. The molecule has 7 rings (SSSR count). The van der Waals surface area contributed by atoms with Crippen LogP contribution in [0, 0.1) is 28.6 Å². The maximum atomic E-state index is 13.0. The van der Waals surface area contributed by atoms with Crippen LogP contribution in [-0.4, -0.2) is 67.4 Å². The molecule has 2 aromatic carbocycles. The Kier molecular flexibility index (Phi) is 7.44. The highest BCUT2D eigenvalue weighted by atomic mass is 16.5. The molecule has 4 aliphatic carbocycles. The predicted octanol–water partition coefficient (Wildman–Crippen LogP) is 4.42. The first-order chi connectivity index (χ1) is 20.8. The van der Waals surface area contributed by atoms with Crippen molar-refractivity contribution in [2.24, 2.45) is 28.6 Å². The SMILES string of the molecule is COC(=O)c1ccc(COc2ccccc2CN2CCN(C(=O)CNC(=O)CC34CC5CC6CC(C3)C6(C5)C4)CC2)cc1. The van der Waals surface area contributed by atoms with Gasteiger partial charge >= 0.3 is 5.97 Å². The summed E-state index contributed by atoms with van der Waals surface area (Å²) in [7, 11) is 1.37. The van der Waals surface area contributed by atoms with Gasteiger partial charge in [0.1, 0.15) is 12.4 Å². The molecule has 1 aliphatic heterocycles. The molecule has 43 heavy (non-hydrogen) atoms. The zero-order valence-corrected chi connectivity index (χ0v) is 25.2. The Morgan fingerprint density at radius 1 is 0.930 bits per heavy atom. The topological polar surface area (TPSA) is 88.2 Å². The highest BCUT2D eigenvalue weighted by molar-refractivity contribution is 5.89. The third-order valence-electron chi connectivity index (χ3n) is 11.4. The normalized spacial score (nSPS) is 30.4. The number of piperazine rings is 1. The van der Waals surface area contributed by atoms with Crippen molar-refractivity contribution in [3.8, 4) is 5.75 Å². The molecule has 5 aliphatic rings. The molecule has 5 atom stereocenters. The number of nitrogens with one attached hydrogen (secondary N) is 1. The number of para-hydroxylation sites is 1. The lowest BCUT2D eigenvalue weighted by Gasteiger charge is -2.49. The number of nitrogens with zero attached hydrogens (tertiary/aromatic N) is 2. The van der Waals surface area contributed by atoms with E-state index >= 15 is 0 Å². The van der Waals surface area contributed by atoms with Crippen LogP contribution < -0.4 is 10.1 Å². The average Bonchev–Trinajstić information content (AvgIpc) is 3.33. The Labute approximate surface area is 254 Å². The van der Waals surface area contributed by atoms with Crippen LogP contribution in [0.3, 0.4) is 0 Å². The Hall–Kier alpha value is -3.39. The van der Waals surface area contributed by atoms with Crippen molar-refractivity contribution in [1.29, 1.82) is 0 Å². The van der Waals surface area contributed by atoms with E-state index in [1.165, 1.54) is 45.6 Å². The van der Waals surface area contributed by atoms with E-state index in [2.05, 4.69) is 16.3 Å². The molecule has 4 saturated carbocycles. The molecule has 1 spiro atoms. The van der Waals surface area contributed by atoms with E-state index in [1.807, 2.05) is 35.2 Å². The van der Waals surface area contributed by atoms with Gasteiger partial charge in [0, 0.05) is 44.7 Å². The van der Waals surface area contributed by atoms with Crippen molar-refractivity contribution in [3.05, 3.63) is 65.2 Å². The first-order valence-electron chi connectivity index (χ1n) is 16.0. The molecule has 228 valence electrons. The van der Waals surface area contributed by atoms with E-state index in [0.717, 1.165) is 54.3 Å². The van der Waals surface area contributed by atoms with Gasteiger partial charge in [-0.05, 0) is 90.9 Å². The van der Waals surface area contributed by atoms with Gasteiger partial charge in [-0.3, -0.25) is 14.5 Å².